The average Bonchev–Trinajstić information content (AvgIpc) is 3.12. The summed E-state index contributed by atoms with van der Waals surface area (Å²) in [5, 5.41) is 5.17. The van der Waals surface area contributed by atoms with Crippen molar-refractivity contribution in [2.24, 2.45) is 22.4 Å². The first-order valence-corrected chi connectivity index (χ1v) is 9.26. The topological polar surface area (TPSA) is 123 Å². The highest BCUT2D eigenvalue weighted by Crippen LogP contribution is 2.25. The fourth-order valence-corrected chi connectivity index (χ4v) is 3.01. The number of halogens is 2. The van der Waals surface area contributed by atoms with Crippen molar-refractivity contribution in [1.29, 1.82) is 0 Å². The number of nitrogens with two attached hydrogens (primary N) is 2. The number of hydrogen-bond donors (Lipinski definition) is 4. The zero-order valence-corrected chi connectivity index (χ0v) is 16.7. The molecule has 154 valence electrons. The van der Waals surface area contributed by atoms with Crippen LogP contribution in [-0.2, 0) is 22.4 Å². The predicted molar refractivity (Wildman–Crippen MR) is 112 cm³/mol. The van der Waals surface area contributed by atoms with E-state index >= 15 is 0 Å². The molecule has 1 aliphatic rings. The zero-order chi connectivity index (χ0) is 21.4. The molecule has 0 spiro atoms. The van der Waals surface area contributed by atoms with Crippen LogP contribution in [0.25, 0.3) is 0 Å². The lowest BCUT2D eigenvalue weighted by Gasteiger charge is -2.10. The van der Waals surface area contributed by atoms with Gasteiger partial charge in [-0.2, -0.15) is 0 Å². The second kappa shape index (κ2) is 10.4. The first kappa shape index (κ1) is 22.2. The summed E-state index contributed by atoms with van der Waals surface area (Å²) in [5.74, 6) is -1.64. The second-order valence-corrected chi connectivity index (χ2v) is 6.89. The van der Waals surface area contributed by atoms with Crippen molar-refractivity contribution in [2.45, 2.75) is 12.8 Å². The highest BCUT2D eigenvalue weighted by atomic mass is 35.5. The molecular weight excluding hydrogens is 397 g/mol. The zero-order valence-electron chi connectivity index (χ0n) is 15.9. The summed E-state index contributed by atoms with van der Waals surface area (Å²) in [6.45, 7) is 0.915. The van der Waals surface area contributed by atoms with Crippen LogP contribution in [0.3, 0.4) is 0 Å². The Balaban J connectivity index is 0.000000208. The molecule has 0 saturated heterocycles. The molecule has 2 amide bonds. The van der Waals surface area contributed by atoms with Crippen LogP contribution in [0.4, 0.5) is 10.1 Å². The van der Waals surface area contributed by atoms with E-state index in [0.29, 0.717) is 11.9 Å². The lowest BCUT2D eigenvalue weighted by Crippen LogP contribution is -2.35. The van der Waals surface area contributed by atoms with Gasteiger partial charge in [0.05, 0.1) is 5.02 Å². The van der Waals surface area contributed by atoms with E-state index < -0.39 is 17.6 Å². The summed E-state index contributed by atoms with van der Waals surface area (Å²) < 4.78 is 12.8. The maximum atomic E-state index is 12.8. The number of rotatable bonds is 3. The molecule has 6 N–H and O–H groups in total. The maximum Gasteiger partial charge on any atom is 0.313 e. The normalized spacial score (nSPS) is 13.1. The fraction of sp³-hybridized carbons (Fsp3) is 0.250. The predicted octanol–water partition coefficient (Wildman–Crippen LogP) is 1.84. The molecule has 9 heteroatoms. The van der Waals surface area contributed by atoms with Crippen LogP contribution >= 0.6 is 11.6 Å². The molecule has 0 bridgehead atoms. The molecule has 0 radical (unpaired) electrons. The third-order valence-electron chi connectivity index (χ3n) is 4.35. The van der Waals surface area contributed by atoms with Gasteiger partial charge in [-0.3, -0.25) is 14.6 Å². The molecule has 0 aromatic heterocycles. The number of carbonyl (C=O) groups is 2. The summed E-state index contributed by atoms with van der Waals surface area (Å²) >= 11 is 5.40. The minimum atomic E-state index is -1.14. The van der Waals surface area contributed by atoms with Crippen molar-refractivity contribution >= 4 is 35.1 Å². The van der Waals surface area contributed by atoms with Crippen molar-refractivity contribution in [2.75, 3.05) is 18.9 Å². The maximum absolute atomic E-state index is 12.8. The van der Waals surface area contributed by atoms with Crippen LogP contribution in [-0.4, -0.2) is 31.4 Å². The molecule has 0 saturated carbocycles. The van der Waals surface area contributed by atoms with Gasteiger partial charge < -0.3 is 22.1 Å². The lowest BCUT2D eigenvalue weighted by atomic mass is 10.1. The summed E-state index contributed by atoms with van der Waals surface area (Å²) in [5.41, 5.74) is 13.4. The van der Waals surface area contributed by atoms with E-state index in [0.717, 1.165) is 25.5 Å². The van der Waals surface area contributed by atoms with Gasteiger partial charge in [-0.15, -0.1) is 0 Å². The van der Waals surface area contributed by atoms with Gasteiger partial charge in [0, 0.05) is 19.3 Å². The Morgan fingerprint density at radius 2 is 1.79 bits per heavy atom. The van der Waals surface area contributed by atoms with Gasteiger partial charge >= 0.3 is 11.8 Å². The Morgan fingerprint density at radius 1 is 1.17 bits per heavy atom. The molecule has 2 aromatic rings. The second-order valence-electron chi connectivity index (χ2n) is 6.48. The number of benzene rings is 2. The molecular formula is C20H23ClFN5O2. The van der Waals surface area contributed by atoms with Crippen LogP contribution in [0.1, 0.15) is 11.1 Å². The number of guanidine groups is 1. The number of nitrogens with one attached hydrogen (secondary N) is 2. The highest BCUT2D eigenvalue weighted by molar-refractivity contribution is 6.39. The third-order valence-corrected chi connectivity index (χ3v) is 4.66. The Morgan fingerprint density at radius 3 is 2.31 bits per heavy atom. The van der Waals surface area contributed by atoms with Crippen molar-refractivity contribution < 1.29 is 14.0 Å². The van der Waals surface area contributed by atoms with Gasteiger partial charge in [0.25, 0.3) is 0 Å². The van der Waals surface area contributed by atoms with Crippen molar-refractivity contribution in [3.05, 3.63) is 64.4 Å². The van der Waals surface area contributed by atoms with Crippen molar-refractivity contribution in [1.82, 2.24) is 5.32 Å². The van der Waals surface area contributed by atoms with E-state index in [4.69, 9.17) is 17.3 Å². The molecule has 1 aliphatic carbocycles. The van der Waals surface area contributed by atoms with Gasteiger partial charge in [0.2, 0.25) is 0 Å². The van der Waals surface area contributed by atoms with Crippen molar-refractivity contribution in [3.63, 3.8) is 0 Å². The van der Waals surface area contributed by atoms with Gasteiger partial charge in [0.1, 0.15) is 5.82 Å². The molecule has 7 nitrogen and oxygen atoms in total. The smallest absolute Gasteiger partial charge is 0.313 e. The molecule has 29 heavy (non-hydrogen) atoms. The third kappa shape index (κ3) is 6.76. The van der Waals surface area contributed by atoms with Crippen LogP contribution in [0, 0.1) is 11.7 Å². The number of aliphatic imine (C=N–C) groups is 1. The Hall–Kier alpha value is -3.13. The van der Waals surface area contributed by atoms with Crippen LogP contribution < -0.4 is 22.1 Å². The lowest BCUT2D eigenvalue weighted by molar-refractivity contribution is -0.134. The van der Waals surface area contributed by atoms with Crippen LogP contribution in [0.2, 0.25) is 5.02 Å². The van der Waals surface area contributed by atoms with E-state index in [2.05, 4.69) is 45.6 Å². The van der Waals surface area contributed by atoms with E-state index in [1.165, 1.54) is 23.3 Å². The van der Waals surface area contributed by atoms with E-state index in [1.807, 2.05) is 0 Å². The van der Waals surface area contributed by atoms with Gasteiger partial charge in [-0.25, -0.2) is 4.39 Å². The Kier molecular flexibility index (Phi) is 7.97. The van der Waals surface area contributed by atoms with E-state index in [-0.39, 0.29) is 10.7 Å². The Bertz CT molecular complexity index is 894. The number of fused-ring (bicyclic) bond motifs is 1. The average molecular weight is 420 g/mol. The molecule has 0 aliphatic heterocycles. The minimum Gasteiger partial charge on any atom is -0.370 e. The minimum absolute atomic E-state index is 0.0675. The number of amides is 2. The molecule has 0 atom stereocenters. The SMILES string of the molecule is CN=C(N)NCC1Cc2ccccc2C1.NC(=O)C(=O)Nc1ccc(Cl)c(F)c1. The standard InChI is InChI=1S/C12H17N3.C8H6ClFN2O2/c1-14-12(13)15-8-9-6-10-4-2-3-5-11(10)7-9;9-5-2-1-4(3-6(5)10)12-8(14)7(11)13/h2-5,9H,6-8H2,1H3,(H3,13,14,15);1-3H,(H2,11,13)(H,12,14). The van der Waals surface area contributed by atoms with Gasteiger partial charge in [-0.05, 0) is 48.1 Å². The molecule has 0 heterocycles. The monoisotopic (exact) mass is 419 g/mol. The van der Waals surface area contributed by atoms with Gasteiger partial charge in [0.15, 0.2) is 5.96 Å². The molecule has 0 fully saturated rings. The largest absolute Gasteiger partial charge is 0.370 e. The first-order valence-electron chi connectivity index (χ1n) is 8.89. The van der Waals surface area contributed by atoms with Crippen molar-refractivity contribution in [3.8, 4) is 0 Å². The van der Waals surface area contributed by atoms with Crippen LogP contribution in [0.5, 0.6) is 0 Å². The summed E-state index contributed by atoms with van der Waals surface area (Å²) in [4.78, 5) is 25.0. The van der Waals surface area contributed by atoms with E-state index in [9.17, 15) is 14.0 Å². The number of carbonyl (C=O) groups excluding carboxylic acids is 2. The van der Waals surface area contributed by atoms with Crippen LogP contribution in [0.15, 0.2) is 47.5 Å². The fourth-order valence-electron chi connectivity index (χ4n) is 2.89. The first-order chi connectivity index (χ1) is 13.8. The molecule has 2 aromatic carbocycles. The number of anilines is 1. The molecule has 0 unspecified atom stereocenters. The highest BCUT2D eigenvalue weighted by Gasteiger charge is 2.20. The quantitative estimate of drug-likeness (QED) is 0.344. The summed E-state index contributed by atoms with van der Waals surface area (Å²) in [7, 11) is 1.70. The number of hydrogen-bond acceptors (Lipinski definition) is 3. The van der Waals surface area contributed by atoms with E-state index in [1.54, 1.807) is 7.05 Å². The summed E-state index contributed by atoms with van der Waals surface area (Å²) in [6.07, 6.45) is 2.31. The Labute approximate surface area is 173 Å². The molecule has 3 rings (SSSR count). The summed E-state index contributed by atoms with van der Waals surface area (Å²) in [6, 6.07) is 12.2. The van der Waals surface area contributed by atoms with Gasteiger partial charge in [-0.1, -0.05) is 35.9 Å². The number of primary amides is 1. The number of nitrogens with zero attached hydrogens (tertiary/aromatic N) is 1.